The molecule has 0 radical (unpaired) electrons. The molecule has 102 valence electrons. The second-order valence-corrected chi connectivity index (χ2v) is 6.47. The van der Waals surface area contributed by atoms with Gasteiger partial charge in [0, 0.05) is 29.1 Å². The molecule has 1 aromatic heterocycles. The number of para-hydroxylation sites is 1. The van der Waals surface area contributed by atoms with Crippen LogP contribution in [-0.4, -0.2) is 11.0 Å². The number of hydrogen-bond donors (Lipinski definition) is 1. The minimum Gasteiger partial charge on any atom is -0.310 e. The smallest absolute Gasteiger partial charge is 0.0708 e. The first-order valence-corrected chi connectivity index (χ1v) is 7.00. The van der Waals surface area contributed by atoms with E-state index >= 15 is 0 Å². The van der Waals surface area contributed by atoms with Crippen molar-refractivity contribution >= 4 is 10.9 Å². The second-order valence-electron chi connectivity index (χ2n) is 6.47. The maximum absolute atomic E-state index is 4.81. The summed E-state index contributed by atoms with van der Waals surface area (Å²) in [4.78, 5) is 4.81. The van der Waals surface area contributed by atoms with Crippen molar-refractivity contribution in [1.82, 2.24) is 10.3 Å². The van der Waals surface area contributed by atoms with Crippen LogP contribution in [0.15, 0.2) is 30.3 Å². The quantitative estimate of drug-likeness (QED) is 0.896. The maximum Gasteiger partial charge on any atom is 0.0708 e. The van der Waals surface area contributed by atoms with E-state index in [1.165, 1.54) is 10.9 Å². The van der Waals surface area contributed by atoms with E-state index in [1.54, 1.807) is 0 Å². The Bertz CT molecular complexity index is 565. The summed E-state index contributed by atoms with van der Waals surface area (Å²) in [5.41, 5.74) is 3.67. The Kier molecular flexibility index (Phi) is 3.91. The molecule has 2 nitrogen and oxygen atoms in total. The highest BCUT2D eigenvalue weighted by molar-refractivity contribution is 5.82. The molecule has 1 aromatic carbocycles. The molecule has 0 unspecified atom stereocenters. The Morgan fingerprint density at radius 3 is 2.47 bits per heavy atom. The third-order valence-electron chi connectivity index (χ3n) is 3.27. The monoisotopic (exact) mass is 256 g/mol. The van der Waals surface area contributed by atoms with Gasteiger partial charge < -0.3 is 5.32 Å². The van der Waals surface area contributed by atoms with Crippen molar-refractivity contribution in [1.29, 1.82) is 0 Å². The zero-order chi connectivity index (χ0) is 14.0. The van der Waals surface area contributed by atoms with Gasteiger partial charge >= 0.3 is 0 Å². The zero-order valence-corrected chi connectivity index (χ0v) is 12.6. The van der Waals surface area contributed by atoms with Crippen LogP contribution in [0.3, 0.4) is 0 Å². The number of aromatic nitrogens is 1. The lowest BCUT2D eigenvalue weighted by atomic mass is 9.90. The number of nitrogens with zero attached hydrogens (tertiary/aromatic N) is 1. The lowest BCUT2D eigenvalue weighted by Gasteiger charge is -2.20. The highest BCUT2D eigenvalue weighted by Crippen LogP contribution is 2.26. The largest absolute Gasteiger partial charge is 0.310 e. The van der Waals surface area contributed by atoms with E-state index in [-0.39, 0.29) is 5.41 Å². The molecule has 2 rings (SSSR count). The van der Waals surface area contributed by atoms with E-state index in [0.717, 1.165) is 17.8 Å². The summed E-state index contributed by atoms with van der Waals surface area (Å²) in [5.74, 6) is 0. The molecule has 0 aliphatic carbocycles. The molecule has 0 saturated carbocycles. The van der Waals surface area contributed by atoms with Gasteiger partial charge in [0.15, 0.2) is 0 Å². The summed E-state index contributed by atoms with van der Waals surface area (Å²) in [6.07, 6.45) is 0. The maximum atomic E-state index is 4.81. The lowest BCUT2D eigenvalue weighted by molar-refractivity contribution is 0.564. The first-order valence-electron chi connectivity index (χ1n) is 7.00. The van der Waals surface area contributed by atoms with E-state index in [4.69, 9.17) is 4.98 Å². The van der Waals surface area contributed by atoms with Gasteiger partial charge in [0.25, 0.3) is 0 Å². The van der Waals surface area contributed by atoms with Crippen LogP contribution in [-0.2, 0) is 12.0 Å². The molecule has 0 atom stereocenters. The summed E-state index contributed by atoms with van der Waals surface area (Å²) >= 11 is 0. The van der Waals surface area contributed by atoms with E-state index in [0.29, 0.717) is 6.04 Å². The molecule has 19 heavy (non-hydrogen) atoms. The molecule has 1 heterocycles. The van der Waals surface area contributed by atoms with Gasteiger partial charge in [0.2, 0.25) is 0 Å². The van der Waals surface area contributed by atoms with Crippen LogP contribution in [0.4, 0.5) is 0 Å². The van der Waals surface area contributed by atoms with Crippen LogP contribution in [0.1, 0.15) is 45.9 Å². The standard InChI is InChI=1S/C17H24N2/c1-12(2)18-11-13-10-16(17(3,4)5)19-15-9-7-6-8-14(13)15/h6-10,12,18H,11H2,1-5H3. The van der Waals surface area contributed by atoms with Gasteiger partial charge in [0.1, 0.15) is 0 Å². The van der Waals surface area contributed by atoms with Crippen molar-refractivity contribution in [3.8, 4) is 0 Å². The molecule has 0 fully saturated rings. The Morgan fingerprint density at radius 1 is 1.16 bits per heavy atom. The van der Waals surface area contributed by atoms with Crippen LogP contribution >= 0.6 is 0 Å². The number of pyridine rings is 1. The molecule has 0 aliphatic rings. The van der Waals surface area contributed by atoms with Crippen LogP contribution in [0.25, 0.3) is 10.9 Å². The van der Waals surface area contributed by atoms with Gasteiger partial charge in [-0.2, -0.15) is 0 Å². The topological polar surface area (TPSA) is 24.9 Å². The van der Waals surface area contributed by atoms with Gasteiger partial charge in [0.05, 0.1) is 5.52 Å². The Balaban J connectivity index is 2.52. The van der Waals surface area contributed by atoms with Gasteiger partial charge in [-0.1, -0.05) is 52.8 Å². The molecular formula is C17H24N2. The zero-order valence-electron chi connectivity index (χ0n) is 12.6. The van der Waals surface area contributed by atoms with Crippen molar-refractivity contribution in [2.24, 2.45) is 0 Å². The first kappa shape index (κ1) is 14.0. The molecular weight excluding hydrogens is 232 g/mol. The fourth-order valence-corrected chi connectivity index (χ4v) is 2.09. The molecule has 2 heteroatoms. The minimum absolute atomic E-state index is 0.0800. The van der Waals surface area contributed by atoms with Crippen molar-refractivity contribution in [2.75, 3.05) is 0 Å². The van der Waals surface area contributed by atoms with E-state index in [2.05, 4.69) is 70.3 Å². The first-order chi connectivity index (χ1) is 8.88. The molecule has 0 saturated heterocycles. The number of fused-ring (bicyclic) bond motifs is 1. The lowest BCUT2D eigenvalue weighted by Crippen LogP contribution is -2.23. The number of hydrogen-bond acceptors (Lipinski definition) is 2. The molecule has 2 aromatic rings. The highest BCUT2D eigenvalue weighted by atomic mass is 14.9. The van der Waals surface area contributed by atoms with Gasteiger partial charge in [-0.15, -0.1) is 0 Å². The fourth-order valence-electron chi connectivity index (χ4n) is 2.09. The molecule has 0 bridgehead atoms. The number of rotatable bonds is 3. The van der Waals surface area contributed by atoms with Crippen LogP contribution in [0, 0.1) is 0 Å². The predicted molar refractivity (Wildman–Crippen MR) is 82.4 cm³/mol. The van der Waals surface area contributed by atoms with Crippen molar-refractivity contribution in [3.63, 3.8) is 0 Å². The van der Waals surface area contributed by atoms with Crippen molar-refractivity contribution < 1.29 is 0 Å². The summed E-state index contributed by atoms with van der Waals surface area (Å²) < 4.78 is 0. The Hall–Kier alpha value is -1.41. The van der Waals surface area contributed by atoms with Crippen molar-refractivity contribution in [2.45, 2.75) is 52.6 Å². The Labute approximate surface area is 116 Å². The summed E-state index contributed by atoms with van der Waals surface area (Å²) in [6.45, 7) is 11.9. The molecule has 0 amide bonds. The normalized spacial score (nSPS) is 12.3. The fraction of sp³-hybridized carbons (Fsp3) is 0.471. The minimum atomic E-state index is 0.0800. The van der Waals surface area contributed by atoms with Gasteiger partial charge in [-0.3, -0.25) is 4.98 Å². The molecule has 0 spiro atoms. The van der Waals surface area contributed by atoms with Crippen LogP contribution < -0.4 is 5.32 Å². The number of nitrogens with one attached hydrogen (secondary N) is 1. The SMILES string of the molecule is CC(C)NCc1cc(C(C)(C)C)nc2ccccc12. The third-order valence-corrected chi connectivity index (χ3v) is 3.27. The summed E-state index contributed by atoms with van der Waals surface area (Å²) in [5, 5.41) is 4.76. The van der Waals surface area contributed by atoms with Crippen LogP contribution in [0.5, 0.6) is 0 Å². The Morgan fingerprint density at radius 2 is 1.84 bits per heavy atom. The van der Waals surface area contributed by atoms with Gasteiger partial charge in [-0.25, -0.2) is 0 Å². The second kappa shape index (κ2) is 5.30. The average molecular weight is 256 g/mol. The summed E-state index contributed by atoms with van der Waals surface area (Å²) in [7, 11) is 0. The number of benzene rings is 1. The molecule has 0 aliphatic heterocycles. The van der Waals surface area contributed by atoms with E-state index < -0.39 is 0 Å². The van der Waals surface area contributed by atoms with Gasteiger partial charge in [-0.05, 0) is 17.7 Å². The van der Waals surface area contributed by atoms with Crippen LogP contribution in [0.2, 0.25) is 0 Å². The van der Waals surface area contributed by atoms with Crippen molar-refractivity contribution in [3.05, 3.63) is 41.6 Å². The highest BCUT2D eigenvalue weighted by Gasteiger charge is 2.17. The van der Waals surface area contributed by atoms with E-state index in [9.17, 15) is 0 Å². The summed E-state index contributed by atoms with van der Waals surface area (Å²) in [6, 6.07) is 11.1. The third kappa shape index (κ3) is 3.32. The predicted octanol–water partition coefficient (Wildman–Crippen LogP) is 4.03. The average Bonchev–Trinajstić information content (AvgIpc) is 2.34. The molecule has 1 N–H and O–H groups in total. The van der Waals surface area contributed by atoms with E-state index in [1.807, 2.05) is 0 Å².